The zero-order chi connectivity index (χ0) is 58.0. The molecule has 3 fully saturated rings. The highest BCUT2D eigenvalue weighted by atomic mass is 32.2. The van der Waals surface area contributed by atoms with Gasteiger partial charge in [0.15, 0.2) is 0 Å². The summed E-state index contributed by atoms with van der Waals surface area (Å²) in [5, 5.41) is 100. The van der Waals surface area contributed by atoms with Gasteiger partial charge in [-0.05, 0) is 55.7 Å². The van der Waals surface area contributed by atoms with Crippen molar-refractivity contribution in [3.05, 3.63) is 29.8 Å². The molecule has 78 heavy (non-hydrogen) atoms. The van der Waals surface area contributed by atoms with Crippen LogP contribution in [0.15, 0.2) is 24.3 Å². The Morgan fingerprint density at radius 1 is 0.756 bits per heavy atom. The van der Waals surface area contributed by atoms with Gasteiger partial charge in [0.25, 0.3) is 0 Å². The van der Waals surface area contributed by atoms with Crippen molar-refractivity contribution in [3.63, 3.8) is 0 Å². The van der Waals surface area contributed by atoms with Crippen LogP contribution < -0.4 is 38.1 Å². The molecule has 8 amide bonds. The smallest absolute Gasteiger partial charge is 0.248 e. The van der Waals surface area contributed by atoms with E-state index in [0.717, 1.165) is 79.1 Å². The Labute approximate surface area is 459 Å². The van der Waals surface area contributed by atoms with Crippen LogP contribution in [0.4, 0.5) is 0 Å². The number of thioether (sulfide) groups is 1. The van der Waals surface area contributed by atoms with Gasteiger partial charge in [-0.2, -0.15) is 0 Å². The van der Waals surface area contributed by atoms with E-state index >= 15 is 0 Å². The molecule has 3 saturated heterocycles. The summed E-state index contributed by atoms with van der Waals surface area (Å²) in [5.74, 6) is -7.91. The van der Waals surface area contributed by atoms with E-state index in [1.165, 1.54) is 18.6 Å². The van der Waals surface area contributed by atoms with Gasteiger partial charge in [-0.25, -0.2) is 0 Å². The second-order valence-electron chi connectivity index (χ2n) is 21.2. The molecule has 3 heterocycles. The van der Waals surface area contributed by atoms with Gasteiger partial charge in [0, 0.05) is 44.6 Å². The fourth-order valence-electron chi connectivity index (χ4n) is 10.1. The third kappa shape index (κ3) is 19.0. The molecule has 0 saturated carbocycles. The molecule has 25 nitrogen and oxygen atoms in total. The Balaban J connectivity index is 1.74. The fraction of sp³-hybridized carbons (Fsp3) is 0.731. The Bertz CT molecular complexity index is 2160. The van der Waals surface area contributed by atoms with Crippen molar-refractivity contribution in [2.75, 3.05) is 25.4 Å². The van der Waals surface area contributed by atoms with E-state index in [0.29, 0.717) is 24.7 Å². The number of carbonyl (C=O) groups excluding carboxylic acids is 8. The minimum Gasteiger partial charge on any atom is -0.508 e. The second kappa shape index (κ2) is 31.6. The fourth-order valence-corrected chi connectivity index (χ4v) is 11.1. The number of hydrogen-bond donors (Lipinski definition) is 15. The lowest BCUT2D eigenvalue weighted by molar-refractivity contribution is -0.148. The van der Waals surface area contributed by atoms with E-state index in [9.17, 15) is 79.2 Å². The van der Waals surface area contributed by atoms with Crippen molar-refractivity contribution in [1.29, 1.82) is 0 Å². The predicted octanol–water partition coefficient (Wildman–Crippen LogP) is -2.64. The number of hydrogen-bond acceptors (Lipinski definition) is 18. The maximum atomic E-state index is 14.6. The van der Waals surface area contributed by atoms with Crippen LogP contribution in [0.5, 0.6) is 5.75 Å². The first-order valence-corrected chi connectivity index (χ1v) is 28.2. The lowest BCUT2D eigenvalue weighted by Crippen LogP contribution is -2.64. The number of primary amides is 1. The third-order valence-corrected chi connectivity index (χ3v) is 16.0. The van der Waals surface area contributed by atoms with E-state index in [1.807, 2.05) is 0 Å². The molecule has 0 aliphatic carbocycles. The maximum absolute atomic E-state index is 14.6. The Hall–Kier alpha value is -5.19. The average Bonchev–Trinajstić information content (AvgIpc) is 4.01. The lowest BCUT2D eigenvalue weighted by Gasteiger charge is -2.34. The minimum atomic E-state index is -2.35. The molecule has 17 N–H and O–H groups in total. The summed E-state index contributed by atoms with van der Waals surface area (Å²) in [6.07, 6.45) is -6.82. The van der Waals surface area contributed by atoms with Crippen molar-refractivity contribution in [1.82, 2.24) is 36.4 Å². The number of phenolic OH excluding ortho intramolecular Hbond substituents is 1. The van der Waals surface area contributed by atoms with Crippen LogP contribution in [-0.2, 0) is 38.4 Å². The van der Waals surface area contributed by atoms with E-state index in [4.69, 9.17) is 11.5 Å². The molecule has 0 bridgehead atoms. The topological polar surface area (TPSA) is 417 Å². The van der Waals surface area contributed by atoms with Crippen LogP contribution in [0, 0.1) is 11.8 Å². The molecule has 3 aliphatic heterocycles. The molecule has 1 aromatic rings. The van der Waals surface area contributed by atoms with Gasteiger partial charge in [-0.15, -0.1) is 11.8 Å². The lowest BCUT2D eigenvalue weighted by atomic mass is 9.91. The van der Waals surface area contributed by atoms with Gasteiger partial charge in [-0.3, -0.25) is 38.4 Å². The molecule has 3 aliphatic rings. The highest BCUT2D eigenvalue weighted by Gasteiger charge is 2.49. The number of rotatable bonds is 23. The number of aliphatic hydroxyl groups is 7. The number of nitrogens with one attached hydrogen (secondary N) is 5. The van der Waals surface area contributed by atoms with Crippen molar-refractivity contribution >= 4 is 59.0 Å². The molecular weight excluding hydrogens is 1040 g/mol. The van der Waals surface area contributed by atoms with Gasteiger partial charge >= 0.3 is 0 Å². The molecule has 0 aromatic heterocycles. The normalized spacial score (nSPS) is 28.4. The number of benzene rings is 1. The summed E-state index contributed by atoms with van der Waals surface area (Å²) in [4.78, 5) is 114. The zero-order valence-electron chi connectivity index (χ0n) is 45.1. The quantitative estimate of drug-likeness (QED) is 0.0498. The van der Waals surface area contributed by atoms with Gasteiger partial charge in [-0.1, -0.05) is 77.8 Å². The average molecular weight is 1120 g/mol. The molecule has 440 valence electrons. The van der Waals surface area contributed by atoms with Crippen LogP contribution in [0.25, 0.3) is 0 Å². The Morgan fingerprint density at radius 3 is 2.00 bits per heavy atom. The maximum Gasteiger partial charge on any atom is 0.248 e. The van der Waals surface area contributed by atoms with Crippen molar-refractivity contribution in [2.45, 2.75) is 202 Å². The Kier molecular flexibility index (Phi) is 26.4. The third-order valence-electron chi connectivity index (χ3n) is 14.7. The zero-order valence-corrected chi connectivity index (χ0v) is 45.9. The summed E-state index contributed by atoms with van der Waals surface area (Å²) in [6, 6.07) is -6.96. The van der Waals surface area contributed by atoms with Crippen molar-refractivity contribution in [2.24, 2.45) is 23.3 Å². The summed E-state index contributed by atoms with van der Waals surface area (Å²) in [7, 11) is 0. The Morgan fingerprint density at radius 2 is 1.37 bits per heavy atom. The number of phenols is 1. The SMILES string of the molecule is CC[C@H](C)C[C@H](C)CCCCCCCCC(=O)N[C@H]1C[C@@H](O)[C@@H](SCCN)NC(=O)[C@@H]2[C@@H](O)CCN2C(=O)[C@H]([C@H](O)CC(N)=O)NC(=O)[C@H]([C@H](O)[C@@H](O)c2ccc(O)cc2)NC(=O)[C@@H]2C[C@@H](O)CN2C(=O)[C@H]([C@@H](C)O)NC1=O. The van der Waals surface area contributed by atoms with Gasteiger partial charge in [0.05, 0.1) is 36.9 Å². The van der Waals surface area contributed by atoms with Crippen LogP contribution >= 0.6 is 11.8 Å². The van der Waals surface area contributed by atoms with Gasteiger partial charge in [0.2, 0.25) is 47.3 Å². The molecule has 0 spiro atoms. The number of fused-ring (bicyclic) bond motifs is 2. The monoisotopic (exact) mass is 1120 g/mol. The molecular formula is C52H85N9O16S. The number of unbranched alkanes of at least 4 members (excludes halogenated alkanes) is 5. The first-order chi connectivity index (χ1) is 36.9. The highest BCUT2D eigenvalue weighted by molar-refractivity contribution is 7.99. The number of amides is 8. The van der Waals surface area contributed by atoms with Crippen LogP contribution in [0.3, 0.4) is 0 Å². The molecule has 16 atom stereocenters. The summed E-state index contributed by atoms with van der Waals surface area (Å²) < 4.78 is 0. The number of aliphatic hydroxyl groups excluding tert-OH is 7. The van der Waals surface area contributed by atoms with E-state index in [1.54, 1.807) is 0 Å². The van der Waals surface area contributed by atoms with Crippen LogP contribution in [-0.4, -0.2) is 202 Å². The van der Waals surface area contributed by atoms with Crippen LogP contribution in [0.1, 0.15) is 129 Å². The molecule has 4 rings (SSSR count). The number of nitrogens with zero attached hydrogens (tertiary/aromatic N) is 2. The molecule has 0 radical (unpaired) electrons. The number of aromatic hydroxyl groups is 1. The minimum absolute atomic E-state index is 0.0148. The first kappa shape index (κ1) is 65.3. The van der Waals surface area contributed by atoms with Gasteiger partial charge in [0.1, 0.15) is 59.6 Å². The molecule has 1 aromatic carbocycles. The standard InChI is InChI=1S/C52H85N9O16S/c1-5-27(2)22-28(3)12-10-8-6-7-9-11-13-39(69)55-33-24-37(67)50(78-21-19-53)59-49(75)43-35(65)18-20-60(43)52(77)41(36(66)25-38(54)68)57-48(74)42(45(71)44(70)30-14-16-31(63)17-15-30)58-47(73)34-23-32(64)26-61(34)51(76)40(29(4)62)56-46(33)72/h14-17,27-29,32-37,40-45,50,62-67,70-71H,5-13,18-26,53H2,1-4H3,(H2,54,68)(H,55,69)(H,56,72)(H,57,74)(H,58,73)(H,59,75)/t27-,28+,29+,32+,33-,34-,35-,36+,37+,40-,41-,42-,43-,44-,45-,50+/m0/s1. The predicted molar refractivity (Wildman–Crippen MR) is 285 cm³/mol. The summed E-state index contributed by atoms with van der Waals surface area (Å²) >= 11 is 0.907. The summed E-state index contributed by atoms with van der Waals surface area (Å²) in [6.45, 7) is 6.92. The van der Waals surface area contributed by atoms with E-state index in [-0.39, 0.29) is 43.0 Å². The summed E-state index contributed by atoms with van der Waals surface area (Å²) in [5.41, 5.74) is 11.1. The highest BCUT2D eigenvalue weighted by Crippen LogP contribution is 2.27. The van der Waals surface area contributed by atoms with Crippen molar-refractivity contribution < 1.29 is 79.2 Å². The second-order valence-corrected chi connectivity index (χ2v) is 22.5. The molecule has 26 heteroatoms. The number of nitrogens with two attached hydrogens (primary N) is 2. The molecule has 0 unspecified atom stereocenters. The van der Waals surface area contributed by atoms with E-state index < -0.39 is 157 Å². The van der Waals surface area contributed by atoms with Gasteiger partial charge < -0.3 is 88.7 Å². The number of carbonyl (C=O) groups is 8. The largest absolute Gasteiger partial charge is 0.508 e. The van der Waals surface area contributed by atoms with Crippen molar-refractivity contribution in [3.8, 4) is 5.75 Å². The van der Waals surface area contributed by atoms with E-state index in [2.05, 4.69) is 47.4 Å². The van der Waals surface area contributed by atoms with Crippen LogP contribution in [0.2, 0.25) is 0 Å². The first-order valence-electron chi connectivity index (χ1n) is 27.2.